The first kappa shape index (κ1) is 49.8. The summed E-state index contributed by atoms with van der Waals surface area (Å²) in [5.41, 5.74) is 1.93. The number of amides is 5. The zero-order valence-corrected chi connectivity index (χ0v) is 39.8. The minimum Gasteiger partial charge on any atom is -0.444 e. The van der Waals surface area contributed by atoms with E-state index in [1.165, 1.54) is 6.07 Å². The second-order valence-corrected chi connectivity index (χ2v) is 20.0. The molecule has 65 heavy (non-hydrogen) atoms. The SMILES string of the molecule is CC(C)(C)OC(=O)/N=C(/NC(=O)OC(C)(C)C)N1CC=C(c2ccc(C(=O)N3CCCc4cc(C5=CCN(/C(=N/C(=O)OC(C)(C)C)NC(=O)OC(C)(C)C)CC5)ccc43)cc2F)CC1. The number of nitrogens with one attached hydrogen (secondary N) is 2. The predicted molar refractivity (Wildman–Crippen MR) is 247 cm³/mol. The molecule has 352 valence electrons. The molecule has 2 aromatic rings. The molecule has 0 radical (unpaired) electrons. The maximum atomic E-state index is 15.9. The van der Waals surface area contributed by atoms with Gasteiger partial charge in [0.1, 0.15) is 28.2 Å². The van der Waals surface area contributed by atoms with Gasteiger partial charge in [-0.25, -0.2) is 23.6 Å². The molecule has 2 aromatic carbocycles. The van der Waals surface area contributed by atoms with Crippen LogP contribution in [0.1, 0.15) is 129 Å². The number of rotatable bonds is 3. The molecule has 0 saturated heterocycles. The molecule has 0 bridgehead atoms. The molecule has 0 aliphatic carbocycles. The number of aliphatic imine (C=N–C) groups is 2. The summed E-state index contributed by atoms with van der Waals surface area (Å²) in [6.45, 7) is 22.4. The maximum Gasteiger partial charge on any atom is 0.437 e. The fraction of sp³-hybridized carbons (Fsp3) is 0.521. The van der Waals surface area contributed by atoms with E-state index in [9.17, 15) is 24.0 Å². The molecule has 3 aliphatic rings. The number of aryl methyl sites for hydroxylation is 1. The van der Waals surface area contributed by atoms with Crippen LogP contribution in [0.15, 0.2) is 58.5 Å². The van der Waals surface area contributed by atoms with Crippen LogP contribution in [0.2, 0.25) is 0 Å². The zero-order chi connectivity index (χ0) is 48.1. The normalized spacial score (nSPS) is 16.4. The van der Waals surface area contributed by atoms with Gasteiger partial charge in [0.2, 0.25) is 11.9 Å². The van der Waals surface area contributed by atoms with Gasteiger partial charge in [0.25, 0.3) is 5.91 Å². The number of hydrogen-bond donors (Lipinski definition) is 2. The summed E-state index contributed by atoms with van der Waals surface area (Å²) < 4.78 is 37.4. The standard InChI is InChI=1S/C48H64FN7O9/c1-45(2,3)62-41(58)50-39(51-42(59)63-46(4,5)6)54-24-19-30(20-25-54)32-16-18-37-33(28-32)14-13-23-56(37)38(57)34-15-17-35(36(49)29-34)31-21-26-55(27-22-31)40(52-43(60)64-47(7,8)9)53-44(61)65-48(10,11)12/h15-19,21,28-29H,13-14,20,22-27H2,1-12H3,(H,50,51,58,59)(H,52,53,60,61). The molecule has 3 heterocycles. The quantitative estimate of drug-likeness (QED) is 0.170. The summed E-state index contributed by atoms with van der Waals surface area (Å²) in [5, 5.41) is 5.18. The van der Waals surface area contributed by atoms with Crippen molar-refractivity contribution in [2.24, 2.45) is 9.98 Å². The Labute approximate surface area is 381 Å². The van der Waals surface area contributed by atoms with Crippen LogP contribution in [0.5, 0.6) is 0 Å². The summed E-state index contributed by atoms with van der Waals surface area (Å²) in [5.74, 6) is -0.880. The second kappa shape index (κ2) is 19.9. The average Bonchev–Trinajstić information content (AvgIpc) is 3.17. The minimum atomic E-state index is -0.883. The Balaban J connectivity index is 1.28. The number of guanidine groups is 2. The van der Waals surface area contributed by atoms with Crippen molar-refractivity contribution < 1.29 is 47.3 Å². The van der Waals surface area contributed by atoms with E-state index in [1.54, 1.807) is 116 Å². The van der Waals surface area contributed by atoms with E-state index >= 15 is 4.39 Å². The Morgan fingerprint density at radius 2 is 1.09 bits per heavy atom. The third-order valence-electron chi connectivity index (χ3n) is 9.80. The minimum absolute atomic E-state index is 0.0281. The molecular weight excluding hydrogens is 838 g/mol. The van der Waals surface area contributed by atoms with E-state index < -0.39 is 52.6 Å². The van der Waals surface area contributed by atoms with Crippen LogP contribution in [0.25, 0.3) is 11.1 Å². The van der Waals surface area contributed by atoms with E-state index in [-0.39, 0.29) is 29.9 Å². The van der Waals surface area contributed by atoms with Crippen molar-refractivity contribution in [2.45, 2.75) is 131 Å². The van der Waals surface area contributed by atoms with Crippen molar-refractivity contribution in [3.8, 4) is 0 Å². The second-order valence-electron chi connectivity index (χ2n) is 20.0. The van der Waals surface area contributed by atoms with Gasteiger partial charge in [-0.2, -0.15) is 0 Å². The highest BCUT2D eigenvalue weighted by atomic mass is 19.1. The lowest BCUT2D eigenvalue weighted by Gasteiger charge is -2.32. The van der Waals surface area contributed by atoms with Crippen LogP contribution in [-0.2, 0) is 25.4 Å². The van der Waals surface area contributed by atoms with E-state index in [1.807, 2.05) is 18.2 Å². The number of benzene rings is 2. The lowest BCUT2D eigenvalue weighted by Crippen LogP contribution is -2.48. The molecule has 0 spiro atoms. The fourth-order valence-corrected chi connectivity index (χ4v) is 7.19. The predicted octanol–water partition coefficient (Wildman–Crippen LogP) is 9.23. The molecule has 0 unspecified atom stereocenters. The van der Waals surface area contributed by atoms with Crippen LogP contribution >= 0.6 is 0 Å². The number of carbonyl (C=O) groups excluding carboxylic acids is 5. The summed E-state index contributed by atoms with van der Waals surface area (Å²) in [6.07, 6.45) is 2.97. The highest BCUT2D eigenvalue weighted by Gasteiger charge is 2.29. The lowest BCUT2D eigenvalue weighted by atomic mass is 9.93. The number of carbonyl (C=O) groups is 5. The number of hydrogen-bond acceptors (Lipinski definition) is 9. The van der Waals surface area contributed by atoms with Crippen LogP contribution in [0, 0.1) is 5.82 Å². The number of halogens is 1. The third-order valence-corrected chi connectivity index (χ3v) is 9.80. The molecule has 17 heteroatoms. The molecule has 5 amide bonds. The molecule has 5 rings (SSSR count). The monoisotopic (exact) mass is 901 g/mol. The van der Waals surface area contributed by atoms with E-state index in [0.717, 1.165) is 35.2 Å². The van der Waals surface area contributed by atoms with E-state index in [4.69, 9.17) is 18.9 Å². The van der Waals surface area contributed by atoms with Crippen molar-refractivity contribution in [1.82, 2.24) is 20.4 Å². The van der Waals surface area contributed by atoms with Gasteiger partial charge in [0.15, 0.2) is 0 Å². The van der Waals surface area contributed by atoms with Crippen molar-refractivity contribution in [2.75, 3.05) is 37.6 Å². The number of anilines is 1. The largest absolute Gasteiger partial charge is 0.444 e. The lowest BCUT2D eigenvalue weighted by molar-refractivity contribution is 0.0536. The van der Waals surface area contributed by atoms with Crippen molar-refractivity contribution in [3.05, 3.63) is 76.6 Å². The van der Waals surface area contributed by atoms with Crippen molar-refractivity contribution in [1.29, 1.82) is 0 Å². The van der Waals surface area contributed by atoms with Gasteiger partial charge in [0.05, 0.1) is 0 Å². The number of alkyl carbamates (subject to hydrolysis) is 2. The molecule has 0 fully saturated rings. The topological polar surface area (TPSA) is 181 Å². The molecule has 2 N–H and O–H groups in total. The molecule has 0 saturated carbocycles. The van der Waals surface area contributed by atoms with Gasteiger partial charge in [-0.05, 0) is 155 Å². The van der Waals surface area contributed by atoms with E-state index in [2.05, 4.69) is 26.7 Å². The third kappa shape index (κ3) is 14.9. The molecule has 0 atom stereocenters. The van der Waals surface area contributed by atoms with Crippen LogP contribution in [0.3, 0.4) is 0 Å². The van der Waals surface area contributed by atoms with Crippen molar-refractivity contribution >= 4 is 59.0 Å². The summed E-state index contributed by atoms with van der Waals surface area (Å²) in [7, 11) is 0. The fourth-order valence-electron chi connectivity index (χ4n) is 7.19. The summed E-state index contributed by atoms with van der Waals surface area (Å²) in [6, 6.07) is 10.5. The Morgan fingerprint density at radius 3 is 1.54 bits per heavy atom. The summed E-state index contributed by atoms with van der Waals surface area (Å²) in [4.78, 5) is 77.9. The maximum absolute atomic E-state index is 15.9. The smallest absolute Gasteiger partial charge is 0.437 e. The zero-order valence-electron chi connectivity index (χ0n) is 39.8. The van der Waals surface area contributed by atoms with Crippen LogP contribution in [0.4, 0.5) is 29.3 Å². The number of fused-ring (bicyclic) bond motifs is 1. The van der Waals surface area contributed by atoms with Gasteiger partial charge in [-0.3, -0.25) is 15.4 Å². The van der Waals surface area contributed by atoms with Gasteiger partial charge < -0.3 is 33.6 Å². The van der Waals surface area contributed by atoms with Gasteiger partial charge >= 0.3 is 24.4 Å². The highest BCUT2D eigenvalue weighted by molar-refractivity contribution is 6.07. The van der Waals surface area contributed by atoms with E-state index in [0.29, 0.717) is 50.2 Å². The van der Waals surface area contributed by atoms with Crippen LogP contribution < -0.4 is 15.5 Å². The summed E-state index contributed by atoms with van der Waals surface area (Å²) >= 11 is 0. The first-order valence-electron chi connectivity index (χ1n) is 21.9. The molecule has 16 nitrogen and oxygen atoms in total. The Hall–Kier alpha value is -6.26. The number of ether oxygens (including phenoxy) is 4. The van der Waals surface area contributed by atoms with Crippen LogP contribution in [-0.4, -0.2) is 107 Å². The average molecular weight is 902 g/mol. The van der Waals surface area contributed by atoms with Crippen molar-refractivity contribution in [3.63, 3.8) is 0 Å². The number of nitrogens with zero attached hydrogens (tertiary/aromatic N) is 5. The Bertz CT molecular complexity index is 2290. The molecule has 0 aromatic heterocycles. The van der Waals surface area contributed by atoms with Gasteiger partial charge in [0, 0.05) is 49.5 Å². The Morgan fingerprint density at radius 1 is 0.600 bits per heavy atom. The molecular formula is C48H64FN7O9. The molecule has 3 aliphatic heterocycles. The first-order valence-corrected chi connectivity index (χ1v) is 21.9. The van der Waals surface area contributed by atoms with Gasteiger partial charge in [-0.15, -0.1) is 9.98 Å². The first-order chi connectivity index (χ1) is 30.1. The highest BCUT2D eigenvalue weighted by Crippen LogP contribution is 2.34. The van der Waals surface area contributed by atoms with Gasteiger partial charge in [-0.1, -0.05) is 24.3 Å². The Kier molecular flexibility index (Phi) is 15.2.